The Labute approximate surface area is 129 Å². The summed E-state index contributed by atoms with van der Waals surface area (Å²) < 4.78 is 0. The van der Waals surface area contributed by atoms with E-state index in [0.29, 0.717) is 13.1 Å². The van der Waals surface area contributed by atoms with E-state index in [1.807, 2.05) is 4.90 Å². The van der Waals surface area contributed by atoms with Gasteiger partial charge in [-0.2, -0.15) is 0 Å². The van der Waals surface area contributed by atoms with Gasteiger partial charge in [-0.05, 0) is 31.8 Å². The molecule has 0 aromatic heterocycles. The van der Waals surface area contributed by atoms with E-state index in [9.17, 15) is 14.4 Å². The van der Waals surface area contributed by atoms with Gasteiger partial charge in [-0.15, -0.1) is 0 Å². The third-order valence-electron chi connectivity index (χ3n) is 4.62. The van der Waals surface area contributed by atoms with Gasteiger partial charge in [-0.1, -0.05) is 6.08 Å². The van der Waals surface area contributed by atoms with Gasteiger partial charge in [-0.3, -0.25) is 14.4 Å². The zero-order valence-electron chi connectivity index (χ0n) is 12.6. The highest BCUT2D eigenvalue weighted by Gasteiger charge is 2.35. The van der Waals surface area contributed by atoms with Crippen molar-refractivity contribution in [2.24, 2.45) is 16.8 Å². The molecule has 0 radical (unpaired) electrons. The lowest BCUT2D eigenvalue weighted by molar-refractivity contribution is -0.143. The molecule has 0 bridgehead atoms. The number of piperidine rings is 1. The quantitative estimate of drug-likeness (QED) is 0.703. The number of amides is 3. The minimum Gasteiger partial charge on any atom is -0.342 e. The molecular formula is C16H21N3O3. The maximum absolute atomic E-state index is 12.5. The van der Waals surface area contributed by atoms with Crippen molar-refractivity contribution in [3.8, 4) is 0 Å². The molecule has 0 spiro atoms. The number of dihydropyridines is 1. The number of hydrogen-bond donors (Lipinski definition) is 0. The van der Waals surface area contributed by atoms with Crippen LogP contribution in [0, 0.1) is 11.8 Å². The Bertz CT molecular complexity index is 535. The van der Waals surface area contributed by atoms with Crippen LogP contribution in [-0.2, 0) is 14.4 Å². The molecular weight excluding hydrogens is 282 g/mol. The van der Waals surface area contributed by atoms with Crippen LogP contribution in [0.2, 0.25) is 0 Å². The third kappa shape index (κ3) is 2.96. The molecule has 3 aliphatic heterocycles. The zero-order valence-corrected chi connectivity index (χ0v) is 12.6. The van der Waals surface area contributed by atoms with Crippen LogP contribution in [0.3, 0.4) is 0 Å². The molecule has 0 N–H and O–H groups in total. The van der Waals surface area contributed by atoms with Crippen molar-refractivity contribution in [1.29, 1.82) is 0 Å². The first-order chi connectivity index (χ1) is 10.7. The summed E-state index contributed by atoms with van der Waals surface area (Å²) in [4.78, 5) is 44.0. The summed E-state index contributed by atoms with van der Waals surface area (Å²) in [5.74, 6) is -1.41. The first-order valence-electron chi connectivity index (χ1n) is 7.99. The van der Waals surface area contributed by atoms with Crippen LogP contribution in [0.5, 0.6) is 0 Å². The highest BCUT2D eigenvalue weighted by molar-refractivity contribution is 6.07. The van der Waals surface area contributed by atoms with Crippen molar-refractivity contribution >= 4 is 23.9 Å². The molecule has 6 heteroatoms. The molecule has 3 amide bonds. The minimum atomic E-state index is -0.814. The molecule has 2 unspecified atom stereocenters. The largest absolute Gasteiger partial charge is 0.342 e. The summed E-state index contributed by atoms with van der Waals surface area (Å²) >= 11 is 0. The second-order valence-corrected chi connectivity index (χ2v) is 6.13. The van der Waals surface area contributed by atoms with Crippen LogP contribution in [0.25, 0.3) is 0 Å². The van der Waals surface area contributed by atoms with Gasteiger partial charge in [0, 0.05) is 32.4 Å². The van der Waals surface area contributed by atoms with E-state index in [1.54, 1.807) is 17.1 Å². The molecule has 3 heterocycles. The van der Waals surface area contributed by atoms with Crippen LogP contribution in [0.15, 0.2) is 17.1 Å². The van der Waals surface area contributed by atoms with Gasteiger partial charge in [-0.25, -0.2) is 4.99 Å². The first kappa shape index (κ1) is 14.9. The lowest BCUT2D eigenvalue weighted by atomic mass is 9.94. The predicted molar refractivity (Wildman–Crippen MR) is 81.2 cm³/mol. The molecule has 0 saturated carbocycles. The summed E-state index contributed by atoms with van der Waals surface area (Å²) in [6.45, 7) is 2.71. The molecule has 2 fully saturated rings. The average Bonchev–Trinajstić information content (AvgIpc) is 3.08. The Hall–Kier alpha value is -1.98. The smallest absolute Gasteiger partial charge is 0.262 e. The molecule has 22 heavy (non-hydrogen) atoms. The van der Waals surface area contributed by atoms with E-state index in [1.165, 1.54) is 6.21 Å². The Kier molecular flexibility index (Phi) is 4.36. The van der Waals surface area contributed by atoms with Gasteiger partial charge in [0.1, 0.15) is 5.92 Å². The molecule has 0 aliphatic carbocycles. The van der Waals surface area contributed by atoms with Crippen LogP contribution >= 0.6 is 0 Å². The van der Waals surface area contributed by atoms with Crippen molar-refractivity contribution in [3.63, 3.8) is 0 Å². The monoisotopic (exact) mass is 303 g/mol. The van der Waals surface area contributed by atoms with Gasteiger partial charge >= 0.3 is 0 Å². The Balaban J connectivity index is 1.63. The lowest BCUT2D eigenvalue weighted by Crippen LogP contribution is -2.48. The Morgan fingerprint density at radius 2 is 1.77 bits per heavy atom. The summed E-state index contributed by atoms with van der Waals surface area (Å²) in [6.07, 6.45) is 8.39. The number of allylic oxidation sites excluding steroid dienone is 1. The van der Waals surface area contributed by atoms with Crippen molar-refractivity contribution in [3.05, 3.63) is 12.2 Å². The average molecular weight is 303 g/mol. The number of likely N-dealkylation sites (tertiary alicyclic amines) is 2. The zero-order chi connectivity index (χ0) is 15.5. The number of aliphatic imine (C=N–C) groups is 1. The SMILES string of the molecule is O=C1N=CC=CC1C(=O)N1CCCC(C(=O)N2CCCC2)C1. The molecule has 6 nitrogen and oxygen atoms in total. The van der Waals surface area contributed by atoms with E-state index < -0.39 is 11.8 Å². The number of nitrogens with zero attached hydrogens (tertiary/aromatic N) is 3. The topological polar surface area (TPSA) is 70.0 Å². The van der Waals surface area contributed by atoms with Crippen LogP contribution in [-0.4, -0.2) is 59.9 Å². The fourth-order valence-corrected chi connectivity index (χ4v) is 3.40. The predicted octanol–water partition coefficient (Wildman–Crippen LogP) is 0.631. The van der Waals surface area contributed by atoms with Crippen molar-refractivity contribution < 1.29 is 14.4 Å². The minimum absolute atomic E-state index is 0.123. The Morgan fingerprint density at radius 3 is 2.50 bits per heavy atom. The third-order valence-corrected chi connectivity index (χ3v) is 4.62. The number of hydrogen-bond acceptors (Lipinski definition) is 3. The van der Waals surface area contributed by atoms with Crippen molar-refractivity contribution in [1.82, 2.24) is 9.80 Å². The van der Waals surface area contributed by atoms with Gasteiger partial charge in [0.2, 0.25) is 11.8 Å². The lowest BCUT2D eigenvalue weighted by Gasteiger charge is -2.35. The van der Waals surface area contributed by atoms with E-state index in [-0.39, 0.29) is 17.7 Å². The molecule has 2 saturated heterocycles. The molecule has 3 aliphatic rings. The Morgan fingerprint density at radius 1 is 1.05 bits per heavy atom. The summed E-state index contributed by atoms with van der Waals surface area (Å²) in [5, 5.41) is 0. The summed E-state index contributed by atoms with van der Waals surface area (Å²) in [6, 6.07) is 0. The molecule has 2 atom stereocenters. The maximum Gasteiger partial charge on any atom is 0.262 e. The van der Waals surface area contributed by atoms with E-state index >= 15 is 0 Å². The molecule has 118 valence electrons. The molecule has 3 rings (SSSR count). The van der Waals surface area contributed by atoms with Crippen molar-refractivity contribution in [2.75, 3.05) is 26.2 Å². The normalized spacial score (nSPS) is 28.3. The number of carbonyl (C=O) groups is 3. The highest BCUT2D eigenvalue weighted by Crippen LogP contribution is 2.23. The second-order valence-electron chi connectivity index (χ2n) is 6.13. The van der Waals surface area contributed by atoms with Crippen LogP contribution in [0.1, 0.15) is 25.7 Å². The van der Waals surface area contributed by atoms with E-state index in [4.69, 9.17) is 0 Å². The van der Waals surface area contributed by atoms with E-state index in [0.717, 1.165) is 38.8 Å². The highest BCUT2D eigenvalue weighted by atomic mass is 16.2. The standard InChI is InChI=1S/C16H21N3O3/c20-14-13(6-3-7-17-14)16(22)19-10-4-5-12(11-19)15(21)18-8-1-2-9-18/h3,6-7,12-13H,1-2,4-5,8-11H2. The number of rotatable bonds is 2. The maximum atomic E-state index is 12.5. The van der Waals surface area contributed by atoms with Gasteiger partial charge in [0.05, 0.1) is 5.92 Å². The second kappa shape index (κ2) is 6.42. The molecule has 0 aromatic carbocycles. The summed E-state index contributed by atoms with van der Waals surface area (Å²) in [5.41, 5.74) is 0. The van der Waals surface area contributed by atoms with Crippen LogP contribution in [0.4, 0.5) is 0 Å². The van der Waals surface area contributed by atoms with Crippen molar-refractivity contribution in [2.45, 2.75) is 25.7 Å². The van der Waals surface area contributed by atoms with Crippen LogP contribution < -0.4 is 0 Å². The fraction of sp³-hybridized carbons (Fsp3) is 0.625. The van der Waals surface area contributed by atoms with E-state index in [2.05, 4.69) is 4.99 Å². The summed E-state index contributed by atoms with van der Waals surface area (Å²) in [7, 11) is 0. The van der Waals surface area contributed by atoms with Gasteiger partial charge in [0.25, 0.3) is 5.91 Å². The fourth-order valence-electron chi connectivity index (χ4n) is 3.40. The van der Waals surface area contributed by atoms with Gasteiger partial charge in [0.15, 0.2) is 0 Å². The van der Waals surface area contributed by atoms with Gasteiger partial charge < -0.3 is 9.80 Å². The first-order valence-corrected chi connectivity index (χ1v) is 7.99. The number of carbonyl (C=O) groups excluding carboxylic acids is 3. The molecule has 0 aromatic rings.